The van der Waals surface area contributed by atoms with Crippen LogP contribution in [0, 0.1) is 6.92 Å². The smallest absolute Gasteiger partial charge is 0.242 e. The monoisotopic (exact) mass is 343 g/mol. The van der Waals surface area contributed by atoms with Gasteiger partial charge in [-0.15, -0.1) is 0 Å². The molecular weight excluding hydrogens is 326 g/mol. The normalized spacial score (nSPS) is 12.9. The second kappa shape index (κ2) is 6.50. The molecule has 124 valence electrons. The van der Waals surface area contributed by atoms with Crippen molar-refractivity contribution in [1.82, 2.24) is 24.5 Å². The van der Waals surface area contributed by atoms with Gasteiger partial charge in [0.1, 0.15) is 4.90 Å². The van der Waals surface area contributed by atoms with Crippen molar-refractivity contribution in [3.8, 4) is 5.82 Å². The van der Waals surface area contributed by atoms with Gasteiger partial charge in [0, 0.05) is 35.9 Å². The second-order valence-corrected chi connectivity index (χ2v) is 7.03. The highest BCUT2D eigenvalue weighted by atomic mass is 32.2. The average molecular weight is 343 g/mol. The molecule has 3 heterocycles. The maximum Gasteiger partial charge on any atom is 0.242 e. The number of nitrogens with zero attached hydrogens (tertiary/aromatic N) is 4. The fourth-order valence-electron chi connectivity index (χ4n) is 2.43. The van der Waals surface area contributed by atoms with Gasteiger partial charge in [0.2, 0.25) is 10.0 Å². The van der Waals surface area contributed by atoms with Crippen LogP contribution in [-0.4, -0.2) is 28.2 Å². The number of hydrogen-bond acceptors (Lipinski definition) is 5. The van der Waals surface area contributed by atoms with Crippen LogP contribution < -0.4 is 4.72 Å². The summed E-state index contributed by atoms with van der Waals surface area (Å²) in [5, 5.41) is 4.32. The summed E-state index contributed by atoms with van der Waals surface area (Å²) < 4.78 is 29.2. The molecule has 0 aromatic carbocycles. The third-order valence-electron chi connectivity index (χ3n) is 3.66. The Kier molecular flexibility index (Phi) is 4.41. The van der Waals surface area contributed by atoms with Gasteiger partial charge in [0.05, 0.1) is 6.20 Å². The number of rotatable bonds is 5. The van der Waals surface area contributed by atoms with Gasteiger partial charge in [0.15, 0.2) is 5.82 Å². The van der Waals surface area contributed by atoms with E-state index in [0.717, 1.165) is 11.3 Å². The fraction of sp³-hybridized carbons (Fsp3) is 0.188. The van der Waals surface area contributed by atoms with Crippen molar-refractivity contribution in [3.05, 3.63) is 66.4 Å². The van der Waals surface area contributed by atoms with Crippen LogP contribution in [0.4, 0.5) is 0 Å². The first-order chi connectivity index (χ1) is 11.5. The van der Waals surface area contributed by atoms with Gasteiger partial charge >= 0.3 is 0 Å². The lowest BCUT2D eigenvalue weighted by Gasteiger charge is -2.14. The number of aromatic nitrogens is 4. The van der Waals surface area contributed by atoms with Gasteiger partial charge in [-0.1, -0.05) is 6.07 Å². The fourth-order valence-corrected chi connectivity index (χ4v) is 3.61. The van der Waals surface area contributed by atoms with Crippen LogP contribution >= 0.6 is 0 Å². The van der Waals surface area contributed by atoms with Crippen molar-refractivity contribution in [2.75, 3.05) is 0 Å². The summed E-state index contributed by atoms with van der Waals surface area (Å²) in [5.74, 6) is 0.684. The van der Waals surface area contributed by atoms with Crippen molar-refractivity contribution in [1.29, 1.82) is 0 Å². The number of nitrogens with one attached hydrogen (secondary N) is 1. The molecule has 1 unspecified atom stereocenters. The van der Waals surface area contributed by atoms with Gasteiger partial charge in [-0.2, -0.15) is 5.10 Å². The zero-order valence-electron chi connectivity index (χ0n) is 13.3. The van der Waals surface area contributed by atoms with E-state index in [1.165, 1.54) is 18.5 Å². The quantitative estimate of drug-likeness (QED) is 0.765. The van der Waals surface area contributed by atoms with E-state index in [4.69, 9.17) is 0 Å². The minimum absolute atomic E-state index is 0.131. The molecule has 0 spiro atoms. The Morgan fingerprint density at radius 3 is 2.62 bits per heavy atom. The molecule has 0 fully saturated rings. The number of hydrogen-bond donors (Lipinski definition) is 1. The number of pyridine rings is 2. The highest BCUT2D eigenvalue weighted by Crippen LogP contribution is 2.21. The van der Waals surface area contributed by atoms with E-state index in [9.17, 15) is 8.42 Å². The summed E-state index contributed by atoms with van der Waals surface area (Å²) in [5.41, 5.74) is 1.61. The summed E-state index contributed by atoms with van der Waals surface area (Å²) in [7, 11) is -3.64. The molecule has 3 aromatic rings. The lowest BCUT2D eigenvalue weighted by molar-refractivity contribution is 0.566. The molecule has 3 rings (SSSR count). The Hall–Kier alpha value is -2.58. The van der Waals surface area contributed by atoms with Crippen molar-refractivity contribution in [3.63, 3.8) is 0 Å². The highest BCUT2D eigenvalue weighted by Gasteiger charge is 2.21. The molecule has 8 heteroatoms. The molecule has 3 aromatic heterocycles. The maximum absolute atomic E-state index is 12.4. The summed E-state index contributed by atoms with van der Waals surface area (Å²) in [6, 6.07) is 8.20. The highest BCUT2D eigenvalue weighted by molar-refractivity contribution is 7.89. The third-order valence-corrected chi connectivity index (χ3v) is 5.18. The molecule has 0 aliphatic heterocycles. The van der Waals surface area contributed by atoms with Crippen molar-refractivity contribution in [2.45, 2.75) is 24.8 Å². The molecule has 1 N–H and O–H groups in total. The van der Waals surface area contributed by atoms with Crippen molar-refractivity contribution in [2.24, 2.45) is 0 Å². The predicted molar refractivity (Wildman–Crippen MR) is 89.1 cm³/mol. The molecule has 0 aliphatic rings. The largest absolute Gasteiger partial charge is 0.263 e. The molecule has 0 saturated carbocycles. The van der Waals surface area contributed by atoms with Crippen LogP contribution in [-0.2, 0) is 10.0 Å². The van der Waals surface area contributed by atoms with Crippen molar-refractivity contribution < 1.29 is 8.42 Å². The van der Waals surface area contributed by atoms with Gasteiger partial charge < -0.3 is 0 Å². The molecule has 7 nitrogen and oxygen atoms in total. The molecule has 0 aliphatic carbocycles. The van der Waals surface area contributed by atoms with E-state index in [1.807, 2.05) is 25.1 Å². The minimum Gasteiger partial charge on any atom is -0.263 e. The van der Waals surface area contributed by atoms with E-state index >= 15 is 0 Å². The zero-order chi connectivity index (χ0) is 17.2. The van der Waals surface area contributed by atoms with E-state index in [-0.39, 0.29) is 4.90 Å². The van der Waals surface area contributed by atoms with Crippen LogP contribution in [0.2, 0.25) is 0 Å². The molecule has 1 atom stereocenters. The molecule has 0 bridgehead atoms. The van der Waals surface area contributed by atoms with Crippen LogP contribution in [0.15, 0.2) is 60.0 Å². The van der Waals surface area contributed by atoms with Gasteiger partial charge in [-0.25, -0.2) is 22.8 Å². The summed E-state index contributed by atoms with van der Waals surface area (Å²) in [6.07, 6.45) is 6.19. The lowest BCUT2D eigenvalue weighted by Crippen LogP contribution is -2.27. The molecule has 0 saturated heterocycles. The van der Waals surface area contributed by atoms with E-state index < -0.39 is 16.1 Å². The predicted octanol–water partition coefficient (Wildman–Crippen LogP) is 2.01. The summed E-state index contributed by atoms with van der Waals surface area (Å²) in [6.45, 7) is 3.66. The zero-order valence-corrected chi connectivity index (χ0v) is 14.1. The topological polar surface area (TPSA) is 89.8 Å². The Morgan fingerprint density at radius 2 is 1.96 bits per heavy atom. The summed E-state index contributed by atoms with van der Waals surface area (Å²) >= 11 is 0. The van der Waals surface area contributed by atoms with Crippen LogP contribution in [0.1, 0.15) is 24.2 Å². The maximum atomic E-state index is 12.4. The van der Waals surface area contributed by atoms with Crippen LogP contribution in [0.5, 0.6) is 0 Å². The third kappa shape index (κ3) is 3.19. The van der Waals surface area contributed by atoms with E-state index in [1.54, 1.807) is 30.1 Å². The molecular formula is C16H17N5O2S. The van der Waals surface area contributed by atoms with E-state index in [0.29, 0.717) is 5.82 Å². The Labute approximate surface area is 140 Å². The molecule has 0 amide bonds. The summed E-state index contributed by atoms with van der Waals surface area (Å²) in [4.78, 5) is 8.24. The Balaban J connectivity index is 1.87. The van der Waals surface area contributed by atoms with E-state index in [2.05, 4.69) is 19.8 Å². The Morgan fingerprint density at radius 1 is 1.12 bits per heavy atom. The van der Waals surface area contributed by atoms with Crippen molar-refractivity contribution >= 4 is 10.0 Å². The molecule has 24 heavy (non-hydrogen) atoms. The first-order valence-corrected chi connectivity index (χ1v) is 8.85. The van der Waals surface area contributed by atoms with Gasteiger partial charge in [-0.05, 0) is 38.1 Å². The SMILES string of the molecule is Cc1c(C(C)NS(=O)(=O)c2cccnc2)cnn1-c1ccccn1. The lowest BCUT2D eigenvalue weighted by atomic mass is 10.1. The number of sulfonamides is 1. The van der Waals surface area contributed by atoms with Gasteiger partial charge in [-0.3, -0.25) is 4.98 Å². The standard InChI is InChI=1S/C16H17N5O2S/c1-12(20-24(22,23)14-6-5-8-17-10-14)15-11-19-21(13(15)2)16-7-3-4-9-18-16/h3-12,20H,1-2H3. The minimum atomic E-state index is -3.64. The first kappa shape index (κ1) is 16.3. The first-order valence-electron chi connectivity index (χ1n) is 7.37. The second-order valence-electron chi connectivity index (χ2n) is 5.32. The van der Waals surface area contributed by atoms with Crippen LogP contribution in [0.3, 0.4) is 0 Å². The molecule has 0 radical (unpaired) electrons. The van der Waals surface area contributed by atoms with Gasteiger partial charge in [0.25, 0.3) is 0 Å². The average Bonchev–Trinajstić information content (AvgIpc) is 2.98. The Bertz CT molecular complexity index is 924. The van der Waals surface area contributed by atoms with Crippen LogP contribution in [0.25, 0.3) is 5.82 Å².